The molecule has 1 aromatic carbocycles. The fraction of sp³-hybridized carbons (Fsp3) is 0.357. The topological polar surface area (TPSA) is 55.3 Å². The van der Waals surface area contributed by atoms with Gasteiger partial charge in [-0.15, -0.1) is 10.2 Å². The van der Waals surface area contributed by atoms with Crippen LogP contribution in [0.2, 0.25) is 0 Å². The second kappa shape index (κ2) is 6.58. The second-order valence-electron chi connectivity index (χ2n) is 4.42. The molecule has 0 spiro atoms. The quantitative estimate of drug-likeness (QED) is 0.849. The molecule has 2 aromatic rings. The molecule has 1 aromatic heterocycles. The number of amides is 1. The van der Waals surface area contributed by atoms with Crippen LogP contribution in [0.1, 0.15) is 12.5 Å². The van der Waals surface area contributed by atoms with Crippen LogP contribution in [0.25, 0.3) is 10.6 Å². The van der Waals surface area contributed by atoms with Gasteiger partial charge in [0.2, 0.25) is 11.0 Å². The molecule has 0 bridgehead atoms. The van der Waals surface area contributed by atoms with Crippen molar-refractivity contribution in [2.75, 3.05) is 25.2 Å². The first-order valence-corrected chi connectivity index (χ1v) is 7.11. The molecule has 0 saturated heterocycles. The van der Waals surface area contributed by atoms with Crippen molar-refractivity contribution in [1.82, 2.24) is 10.2 Å². The largest absolute Gasteiger partial charge is 0.383 e. The highest BCUT2D eigenvalue weighted by Gasteiger charge is 2.16. The number of methoxy groups -OCH3 is 1. The maximum atomic E-state index is 11.6. The highest BCUT2D eigenvalue weighted by Crippen LogP contribution is 2.28. The van der Waals surface area contributed by atoms with E-state index in [1.165, 1.54) is 23.8 Å². The number of hydrogen-bond donors (Lipinski definition) is 0. The van der Waals surface area contributed by atoms with Gasteiger partial charge in [0.05, 0.1) is 13.2 Å². The van der Waals surface area contributed by atoms with Crippen molar-refractivity contribution >= 4 is 22.4 Å². The van der Waals surface area contributed by atoms with Gasteiger partial charge < -0.3 is 4.74 Å². The summed E-state index contributed by atoms with van der Waals surface area (Å²) in [6.07, 6.45) is 0. The maximum Gasteiger partial charge on any atom is 0.225 e. The first kappa shape index (κ1) is 14.6. The van der Waals surface area contributed by atoms with Gasteiger partial charge in [-0.1, -0.05) is 41.2 Å². The summed E-state index contributed by atoms with van der Waals surface area (Å²) in [4.78, 5) is 13.2. The summed E-state index contributed by atoms with van der Waals surface area (Å²) in [5.74, 6) is -0.0614. The van der Waals surface area contributed by atoms with Crippen molar-refractivity contribution in [2.45, 2.75) is 13.8 Å². The molecule has 0 aliphatic rings. The molecule has 0 N–H and O–H groups in total. The second-order valence-corrected chi connectivity index (χ2v) is 5.38. The van der Waals surface area contributed by atoms with E-state index in [2.05, 4.69) is 10.2 Å². The van der Waals surface area contributed by atoms with Gasteiger partial charge in [0.25, 0.3) is 0 Å². The minimum Gasteiger partial charge on any atom is -0.383 e. The number of carbonyl (C=O) groups excluding carboxylic acids is 1. The van der Waals surface area contributed by atoms with Crippen LogP contribution < -0.4 is 4.90 Å². The van der Waals surface area contributed by atoms with E-state index >= 15 is 0 Å². The van der Waals surface area contributed by atoms with Crippen LogP contribution in [0.15, 0.2) is 24.3 Å². The normalized spacial score (nSPS) is 10.6. The average molecular weight is 291 g/mol. The van der Waals surface area contributed by atoms with E-state index in [1.54, 1.807) is 12.0 Å². The summed E-state index contributed by atoms with van der Waals surface area (Å²) in [5, 5.41) is 9.68. The van der Waals surface area contributed by atoms with Crippen molar-refractivity contribution in [2.24, 2.45) is 0 Å². The fourth-order valence-electron chi connectivity index (χ4n) is 1.71. The number of hydrogen-bond acceptors (Lipinski definition) is 5. The predicted octanol–water partition coefficient (Wildman–Crippen LogP) is 2.51. The molecule has 20 heavy (non-hydrogen) atoms. The third kappa shape index (κ3) is 3.40. The van der Waals surface area contributed by atoms with E-state index < -0.39 is 0 Å². The lowest BCUT2D eigenvalue weighted by atomic mass is 10.2. The van der Waals surface area contributed by atoms with Gasteiger partial charge in [-0.25, -0.2) is 0 Å². The molecule has 1 amide bonds. The summed E-state index contributed by atoms with van der Waals surface area (Å²) in [6, 6.07) is 8.08. The van der Waals surface area contributed by atoms with Crippen molar-refractivity contribution in [3.8, 4) is 10.6 Å². The Morgan fingerprint density at radius 1 is 1.30 bits per heavy atom. The van der Waals surface area contributed by atoms with Crippen molar-refractivity contribution < 1.29 is 9.53 Å². The fourth-order valence-corrected chi connectivity index (χ4v) is 2.63. The van der Waals surface area contributed by atoms with Crippen LogP contribution >= 0.6 is 11.3 Å². The first-order chi connectivity index (χ1) is 9.61. The number of anilines is 1. The van der Waals surface area contributed by atoms with Crippen LogP contribution in [0.5, 0.6) is 0 Å². The smallest absolute Gasteiger partial charge is 0.225 e. The molecule has 0 fully saturated rings. The molecule has 0 aliphatic carbocycles. The molecule has 1 heterocycles. The SMILES string of the molecule is COCCN(C(C)=O)c1nnc(-c2ccc(C)cc2)s1. The van der Waals surface area contributed by atoms with Crippen LogP contribution in [-0.4, -0.2) is 36.4 Å². The number of carbonyl (C=O) groups is 1. The zero-order chi connectivity index (χ0) is 14.5. The molecular formula is C14H17N3O2S. The number of ether oxygens (including phenoxy) is 1. The molecule has 2 rings (SSSR count). The summed E-state index contributed by atoms with van der Waals surface area (Å²) in [6.45, 7) is 4.51. The number of benzene rings is 1. The van der Waals surface area contributed by atoms with E-state index in [0.717, 1.165) is 10.6 Å². The standard InChI is InChI=1S/C14H17N3O2S/c1-10-4-6-12(7-5-10)13-15-16-14(20-13)17(11(2)18)8-9-19-3/h4-7H,8-9H2,1-3H3. The van der Waals surface area contributed by atoms with Crippen LogP contribution in [0, 0.1) is 6.92 Å². The minimum absolute atomic E-state index is 0.0614. The molecular weight excluding hydrogens is 274 g/mol. The minimum atomic E-state index is -0.0614. The Bertz CT molecular complexity index is 580. The molecule has 6 heteroatoms. The van der Waals surface area contributed by atoms with Gasteiger partial charge in [0, 0.05) is 19.6 Å². The molecule has 0 unspecified atom stereocenters. The molecule has 106 valence electrons. The van der Waals surface area contributed by atoms with E-state index in [1.807, 2.05) is 31.2 Å². The number of nitrogens with zero attached hydrogens (tertiary/aromatic N) is 3. The lowest BCUT2D eigenvalue weighted by Crippen LogP contribution is -2.31. The van der Waals surface area contributed by atoms with Crippen LogP contribution in [0.3, 0.4) is 0 Å². The van der Waals surface area contributed by atoms with Crippen molar-refractivity contribution in [3.05, 3.63) is 29.8 Å². The average Bonchev–Trinajstić information content (AvgIpc) is 2.89. The van der Waals surface area contributed by atoms with E-state index in [0.29, 0.717) is 18.3 Å². The summed E-state index contributed by atoms with van der Waals surface area (Å²) < 4.78 is 5.01. The lowest BCUT2D eigenvalue weighted by molar-refractivity contribution is -0.116. The third-order valence-corrected chi connectivity index (χ3v) is 3.84. The highest BCUT2D eigenvalue weighted by molar-refractivity contribution is 7.18. The summed E-state index contributed by atoms with van der Waals surface area (Å²) in [7, 11) is 1.61. The summed E-state index contributed by atoms with van der Waals surface area (Å²) in [5.41, 5.74) is 2.21. The zero-order valence-corrected chi connectivity index (χ0v) is 12.6. The Hall–Kier alpha value is -1.79. The Morgan fingerprint density at radius 3 is 2.60 bits per heavy atom. The summed E-state index contributed by atoms with van der Waals surface area (Å²) >= 11 is 1.41. The molecule has 0 aliphatic heterocycles. The molecule has 0 atom stereocenters. The lowest BCUT2D eigenvalue weighted by Gasteiger charge is -2.16. The Morgan fingerprint density at radius 2 is 2.00 bits per heavy atom. The number of aromatic nitrogens is 2. The Kier molecular flexibility index (Phi) is 4.81. The van der Waals surface area contributed by atoms with Crippen LogP contribution in [0.4, 0.5) is 5.13 Å². The maximum absolute atomic E-state index is 11.6. The number of rotatable bonds is 5. The van der Waals surface area contributed by atoms with Gasteiger partial charge in [-0.05, 0) is 6.92 Å². The van der Waals surface area contributed by atoms with Crippen molar-refractivity contribution in [1.29, 1.82) is 0 Å². The monoisotopic (exact) mass is 291 g/mol. The molecule has 0 saturated carbocycles. The van der Waals surface area contributed by atoms with Gasteiger partial charge in [-0.2, -0.15) is 0 Å². The van der Waals surface area contributed by atoms with Gasteiger partial charge in [0.1, 0.15) is 5.01 Å². The molecule has 5 nitrogen and oxygen atoms in total. The third-order valence-electron chi connectivity index (χ3n) is 2.84. The zero-order valence-electron chi connectivity index (χ0n) is 11.8. The van der Waals surface area contributed by atoms with Gasteiger partial charge >= 0.3 is 0 Å². The van der Waals surface area contributed by atoms with Crippen LogP contribution in [-0.2, 0) is 9.53 Å². The van der Waals surface area contributed by atoms with Crippen molar-refractivity contribution in [3.63, 3.8) is 0 Å². The molecule has 0 radical (unpaired) electrons. The van der Waals surface area contributed by atoms with E-state index in [9.17, 15) is 4.79 Å². The van der Waals surface area contributed by atoms with E-state index in [-0.39, 0.29) is 5.91 Å². The highest BCUT2D eigenvalue weighted by atomic mass is 32.1. The predicted molar refractivity (Wildman–Crippen MR) is 80.0 cm³/mol. The van der Waals surface area contributed by atoms with Gasteiger partial charge in [-0.3, -0.25) is 9.69 Å². The Balaban J connectivity index is 2.22. The van der Waals surface area contributed by atoms with E-state index in [4.69, 9.17) is 4.74 Å². The number of aryl methyl sites for hydroxylation is 1. The Labute approximate surface area is 122 Å². The first-order valence-electron chi connectivity index (χ1n) is 6.29. The van der Waals surface area contributed by atoms with Gasteiger partial charge in [0.15, 0.2) is 0 Å².